The molecular weight excluding hydrogens is 372 g/mol. The van der Waals surface area contributed by atoms with E-state index in [1.165, 1.54) is 0 Å². The van der Waals surface area contributed by atoms with Crippen LogP contribution in [0.2, 0.25) is 5.02 Å². The summed E-state index contributed by atoms with van der Waals surface area (Å²) in [6.45, 7) is 10.7. The molecule has 0 bridgehead atoms. The Morgan fingerprint density at radius 3 is 2.57 bits per heavy atom. The molecule has 1 aliphatic rings. The fourth-order valence-corrected chi connectivity index (χ4v) is 3.99. The van der Waals surface area contributed by atoms with Gasteiger partial charge in [0.2, 0.25) is 5.91 Å². The van der Waals surface area contributed by atoms with Gasteiger partial charge in [-0.1, -0.05) is 29.8 Å². The molecule has 0 aliphatic carbocycles. The Morgan fingerprint density at radius 2 is 1.93 bits per heavy atom. The second kappa shape index (κ2) is 9.01. The van der Waals surface area contributed by atoms with Crippen LogP contribution < -0.4 is 5.32 Å². The van der Waals surface area contributed by atoms with E-state index in [9.17, 15) is 4.79 Å². The first-order chi connectivity index (χ1) is 13.3. The van der Waals surface area contributed by atoms with Crippen LogP contribution in [0.3, 0.4) is 0 Å². The summed E-state index contributed by atoms with van der Waals surface area (Å²) in [5.41, 5.74) is 3.91. The molecule has 1 aliphatic heterocycles. The molecule has 1 saturated heterocycles. The van der Waals surface area contributed by atoms with Crippen LogP contribution in [-0.2, 0) is 17.8 Å². The van der Waals surface area contributed by atoms with Crippen LogP contribution in [0.5, 0.6) is 0 Å². The quantitative estimate of drug-likeness (QED) is 0.801. The van der Waals surface area contributed by atoms with Crippen LogP contribution >= 0.6 is 11.6 Å². The van der Waals surface area contributed by atoms with Gasteiger partial charge in [-0.05, 0) is 52.3 Å². The summed E-state index contributed by atoms with van der Waals surface area (Å²) in [4.78, 5) is 24.1. The molecule has 6 heteroatoms. The van der Waals surface area contributed by atoms with E-state index in [-0.39, 0.29) is 11.9 Å². The highest BCUT2D eigenvalue weighted by Gasteiger charge is 2.27. The minimum Gasteiger partial charge on any atom is -0.354 e. The van der Waals surface area contributed by atoms with Gasteiger partial charge >= 0.3 is 0 Å². The summed E-state index contributed by atoms with van der Waals surface area (Å²) in [5, 5.41) is 3.75. The van der Waals surface area contributed by atoms with Crippen molar-refractivity contribution in [3.05, 3.63) is 57.6 Å². The van der Waals surface area contributed by atoms with Crippen LogP contribution in [-0.4, -0.2) is 39.9 Å². The monoisotopic (exact) mass is 400 g/mol. The summed E-state index contributed by atoms with van der Waals surface area (Å²) < 4.78 is 0. The second-order valence-electron chi connectivity index (χ2n) is 7.94. The van der Waals surface area contributed by atoms with Gasteiger partial charge in [0.15, 0.2) is 0 Å². The van der Waals surface area contributed by atoms with Crippen molar-refractivity contribution in [2.24, 2.45) is 0 Å². The predicted molar refractivity (Wildman–Crippen MR) is 113 cm³/mol. The zero-order chi connectivity index (χ0) is 20.3. The number of carbonyl (C=O) groups excluding carboxylic acids is 1. The number of hydrogen-bond donors (Lipinski definition) is 1. The number of halogens is 1. The van der Waals surface area contributed by atoms with E-state index >= 15 is 0 Å². The average molecular weight is 401 g/mol. The summed E-state index contributed by atoms with van der Waals surface area (Å²) >= 11 is 6.30. The summed E-state index contributed by atoms with van der Waals surface area (Å²) in [5.74, 6) is 1.23. The summed E-state index contributed by atoms with van der Waals surface area (Å²) in [7, 11) is 0. The van der Waals surface area contributed by atoms with Gasteiger partial charge in [0.25, 0.3) is 0 Å². The molecular formula is C22H29ClN4O. The SMILES string of the molecule is Cc1nc(C2CCN(Cc3ccccc3Cl)C2)nc(C)c1CC(=O)NC(C)C. The van der Waals surface area contributed by atoms with Gasteiger partial charge in [-0.3, -0.25) is 9.69 Å². The lowest BCUT2D eigenvalue weighted by molar-refractivity contribution is -0.120. The van der Waals surface area contributed by atoms with E-state index in [0.29, 0.717) is 12.3 Å². The highest BCUT2D eigenvalue weighted by Crippen LogP contribution is 2.28. The number of aromatic nitrogens is 2. The standard InChI is InChI=1S/C22H29ClN4O/c1-14(2)24-21(28)11-19-15(3)25-22(26-16(19)4)18-9-10-27(13-18)12-17-7-5-6-8-20(17)23/h5-8,14,18H,9-13H2,1-4H3,(H,24,28). The highest BCUT2D eigenvalue weighted by atomic mass is 35.5. The van der Waals surface area contributed by atoms with E-state index in [1.54, 1.807) is 0 Å². The molecule has 5 nitrogen and oxygen atoms in total. The zero-order valence-electron chi connectivity index (χ0n) is 17.1. The van der Waals surface area contributed by atoms with Gasteiger partial charge < -0.3 is 5.32 Å². The van der Waals surface area contributed by atoms with Crippen molar-refractivity contribution < 1.29 is 4.79 Å². The third-order valence-corrected chi connectivity index (χ3v) is 5.58. The van der Waals surface area contributed by atoms with Gasteiger partial charge in [-0.2, -0.15) is 0 Å². The van der Waals surface area contributed by atoms with Gasteiger partial charge in [0.05, 0.1) is 6.42 Å². The number of amides is 1. The molecule has 0 spiro atoms. The zero-order valence-corrected chi connectivity index (χ0v) is 17.9. The first kappa shape index (κ1) is 20.7. The number of rotatable bonds is 6. The molecule has 150 valence electrons. The van der Waals surface area contributed by atoms with E-state index in [2.05, 4.69) is 16.3 Å². The Labute approximate surface area is 172 Å². The fourth-order valence-electron chi connectivity index (χ4n) is 3.79. The molecule has 28 heavy (non-hydrogen) atoms. The van der Waals surface area contributed by atoms with Crippen LogP contribution in [0.15, 0.2) is 24.3 Å². The van der Waals surface area contributed by atoms with Crippen molar-refractivity contribution in [2.45, 2.75) is 59.0 Å². The lowest BCUT2D eigenvalue weighted by Gasteiger charge is -2.17. The van der Waals surface area contributed by atoms with Gasteiger partial charge in [0.1, 0.15) is 5.82 Å². The van der Waals surface area contributed by atoms with E-state index in [0.717, 1.165) is 59.4 Å². The maximum atomic E-state index is 12.1. The van der Waals surface area contributed by atoms with E-state index in [1.807, 2.05) is 45.9 Å². The van der Waals surface area contributed by atoms with Crippen LogP contribution in [0.4, 0.5) is 0 Å². The summed E-state index contributed by atoms with van der Waals surface area (Å²) in [6, 6.07) is 8.14. The number of aryl methyl sites for hydroxylation is 2. The van der Waals surface area contributed by atoms with E-state index in [4.69, 9.17) is 21.6 Å². The Morgan fingerprint density at radius 1 is 1.25 bits per heavy atom. The number of likely N-dealkylation sites (tertiary alicyclic amines) is 1. The minimum absolute atomic E-state index is 0.0179. The fraction of sp³-hybridized carbons (Fsp3) is 0.500. The number of benzene rings is 1. The van der Waals surface area contributed by atoms with Gasteiger partial charge in [-0.15, -0.1) is 0 Å². The molecule has 3 rings (SSSR count). The first-order valence-electron chi connectivity index (χ1n) is 9.92. The lowest BCUT2D eigenvalue weighted by Crippen LogP contribution is -2.32. The van der Waals surface area contributed by atoms with Gasteiger partial charge in [-0.25, -0.2) is 9.97 Å². The lowest BCUT2D eigenvalue weighted by atomic mass is 10.0. The Kier molecular flexibility index (Phi) is 6.68. The second-order valence-corrected chi connectivity index (χ2v) is 8.35. The third kappa shape index (κ3) is 5.09. The van der Waals surface area contributed by atoms with Crippen molar-refractivity contribution in [1.82, 2.24) is 20.2 Å². The highest BCUT2D eigenvalue weighted by molar-refractivity contribution is 6.31. The van der Waals surface area contributed by atoms with Crippen LogP contribution in [0, 0.1) is 13.8 Å². The summed E-state index contributed by atoms with van der Waals surface area (Å²) in [6.07, 6.45) is 1.37. The Balaban J connectivity index is 1.68. The van der Waals surface area contributed by atoms with Crippen molar-refractivity contribution in [3.63, 3.8) is 0 Å². The van der Waals surface area contributed by atoms with Crippen LogP contribution in [0.1, 0.15) is 54.5 Å². The van der Waals surface area contributed by atoms with Crippen molar-refractivity contribution >= 4 is 17.5 Å². The maximum absolute atomic E-state index is 12.1. The molecule has 2 aromatic rings. The van der Waals surface area contributed by atoms with Crippen molar-refractivity contribution in [3.8, 4) is 0 Å². The Bertz CT molecular complexity index is 829. The molecule has 1 N–H and O–H groups in total. The van der Waals surface area contributed by atoms with Crippen molar-refractivity contribution in [1.29, 1.82) is 0 Å². The van der Waals surface area contributed by atoms with Gasteiger partial charge in [0, 0.05) is 47.0 Å². The number of nitrogens with zero attached hydrogens (tertiary/aromatic N) is 3. The average Bonchev–Trinajstić information content (AvgIpc) is 3.08. The molecule has 1 aromatic heterocycles. The normalized spacial score (nSPS) is 17.3. The maximum Gasteiger partial charge on any atom is 0.224 e. The molecule has 1 fully saturated rings. The Hall–Kier alpha value is -1.98. The first-order valence-corrected chi connectivity index (χ1v) is 10.3. The van der Waals surface area contributed by atoms with Crippen molar-refractivity contribution in [2.75, 3.05) is 13.1 Å². The predicted octanol–water partition coefficient (Wildman–Crippen LogP) is 3.80. The molecule has 0 saturated carbocycles. The molecule has 1 atom stereocenters. The molecule has 1 amide bonds. The molecule has 1 unspecified atom stereocenters. The number of nitrogens with one attached hydrogen (secondary N) is 1. The molecule has 2 heterocycles. The molecule has 1 aromatic carbocycles. The third-order valence-electron chi connectivity index (χ3n) is 5.21. The number of carbonyl (C=O) groups is 1. The largest absolute Gasteiger partial charge is 0.354 e. The van der Waals surface area contributed by atoms with E-state index < -0.39 is 0 Å². The smallest absolute Gasteiger partial charge is 0.224 e. The number of hydrogen-bond acceptors (Lipinski definition) is 4. The molecule has 0 radical (unpaired) electrons. The minimum atomic E-state index is 0.0179. The van der Waals surface area contributed by atoms with Crippen LogP contribution in [0.25, 0.3) is 0 Å². The topological polar surface area (TPSA) is 58.1 Å².